The van der Waals surface area contributed by atoms with E-state index < -0.39 is 0 Å². The van der Waals surface area contributed by atoms with Crippen molar-refractivity contribution in [3.05, 3.63) is 40.8 Å². The molecule has 3 rings (SSSR count). The number of nitrogens with one attached hydrogen (secondary N) is 2. The van der Waals surface area contributed by atoms with Gasteiger partial charge in [-0.05, 0) is 25.5 Å². The van der Waals surface area contributed by atoms with E-state index in [4.69, 9.17) is 4.74 Å². The highest BCUT2D eigenvalue weighted by atomic mass is 32.1. The summed E-state index contributed by atoms with van der Waals surface area (Å²) < 4.78 is 5.74. The molecule has 1 atom stereocenters. The fourth-order valence-corrected chi connectivity index (χ4v) is 3.61. The summed E-state index contributed by atoms with van der Waals surface area (Å²) in [6, 6.07) is 7.38. The SMILES string of the molecule is CCC(C)NC(=O)CN1CCN(C(=O)Nc2cccc(OCc3cscn3)c2)CC1. The number of aromatic nitrogens is 1. The first-order valence-electron chi connectivity index (χ1n) is 10.2. The van der Waals surface area contributed by atoms with E-state index in [1.807, 2.05) is 37.4 Å². The third-order valence-electron chi connectivity index (χ3n) is 5.00. The van der Waals surface area contributed by atoms with E-state index in [2.05, 4.69) is 20.5 Å². The normalized spacial score (nSPS) is 15.5. The van der Waals surface area contributed by atoms with Crippen molar-refractivity contribution in [1.82, 2.24) is 20.1 Å². The molecule has 1 fully saturated rings. The van der Waals surface area contributed by atoms with Crippen molar-refractivity contribution in [2.24, 2.45) is 0 Å². The Morgan fingerprint density at radius 3 is 2.77 bits per heavy atom. The minimum Gasteiger partial charge on any atom is -0.487 e. The van der Waals surface area contributed by atoms with Gasteiger partial charge in [-0.1, -0.05) is 13.0 Å². The zero-order valence-corrected chi connectivity index (χ0v) is 18.3. The molecular formula is C21H29N5O3S. The predicted octanol–water partition coefficient (Wildman–Crippen LogP) is 2.79. The minimum absolute atomic E-state index is 0.0386. The van der Waals surface area contributed by atoms with Crippen molar-refractivity contribution in [3.63, 3.8) is 0 Å². The maximum Gasteiger partial charge on any atom is 0.321 e. The van der Waals surface area contributed by atoms with Crippen LogP contribution in [0, 0.1) is 0 Å². The van der Waals surface area contributed by atoms with Crippen molar-refractivity contribution in [2.45, 2.75) is 32.9 Å². The van der Waals surface area contributed by atoms with Crippen LogP contribution < -0.4 is 15.4 Å². The van der Waals surface area contributed by atoms with Gasteiger partial charge in [0.2, 0.25) is 5.91 Å². The van der Waals surface area contributed by atoms with Crippen molar-refractivity contribution in [1.29, 1.82) is 0 Å². The topological polar surface area (TPSA) is 86.8 Å². The average molecular weight is 432 g/mol. The molecule has 0 saturated carbocycles. The number of urea groups is 1. The fourth-order valence-electron chi connectivity index (χ4n) is 3.07. The van der Waals surface area contributed by atoms with E-state index >= 15 is 0 Å². The monoisotopic (exact) mass is 431 g/mol. The first-order chi connectivity index (χ1) is 14.5. The molecule has 0 spiro atoms. The molecule has 2 N–H and O–H groups in total. The van der Waals surface area contributed by atoms with Crippen LogP contribution >= 0.6 is 11.3 Å². The Morgan fingerprint density at radius 1 is 1.27 bits per heavy atom. The van der Waals surface area contributed by atoms with Gasteiger partial charge in [0, 0.05) is 49.4 Å². The largest absolute Gasteiger partial charge is 0.487 e. The summed E-state index contributed by atoms with van der Waals surface area (Å²) in [4.78, 5) is 32.7. The maximum atomic E-state index is 12.6. The Labute approximate surface area is 181 Å². The number of rotatable bonds is 8. The summed E-state index contributed by atoms with van der Waals surface area (Å²) >= 11 is 1.53. The van der Waals surface area contributed by atoms with E-state index in [1.165, 1.54) is 11.3 Å². The summed E-state index contributed by atoms with van der Waals surface area (Å²) in [6.45, 7) is 7.34. The molecule has 1 aliphatic heterocycles. The van der Waals surface area contributed by atoms with Gasteiger partial charge in [-0.2, -0.15) is 0 Å². The number of anilines is 1. The van der Waals surface area contributed by atoms with Gasteiger partial charge >= 0.3 is 6.03 Å². The number of piperazine rings is 1. The van der Waals surface area contributed by atoms with Crippen LogP contribution in [0.15, 0.2) is 35.2 Å². The van der Waals surface area contributed by atoms with E-state index in [0.717, 1.165) is 12.1 Å². The van der Waals surface area contributed by atoms with Gasteiger partial charge in [0.1, 0.15) is 12.4 Å². The van der Waals surface area contributed by atoms with E-state index in [9.17, 15) is 9.59 Å². The molecule has 1 unspecified atom stereocenters. The van der Waals surface area contributed by atoms with Gasteiger partial charge in [0.25, 0.3) is 0 Å². The number of carbonyl (C=O) groups excluding carboxylic acids is 2. The second-order valence-electron chi connectivity index (χ2n) is 7.37. The van der Waals surface area contributed by atoms with Gasteiger partial charge in [-0.25, -0.2) is 9.78 Å². The van der Waals surface area contributed by atoms with Gasteiger partial charge in [-0.3, -0.25) is 9.69 Å². The maximum absolute atomic E-state index is 12.6. The molecule has 0 bridgehead atoms. The molecular weight excluding hydrogens is 402 g/mol. The fraction of sp³-hybridized carbons (Fsp3) is 0.476. The van der Waals surface area contributed by atoms with Crippen LogP contribution in [-0.2, 0) is 11.4 Å². The van der Waals surface area contributed by atoms with Crippen molar-refractivity contribution < 1.29 is 14.3 Å². The zero-order valence-electron chi connectivity index (χ0n) is 17.5. The van der Waals surface area contributed by atoms with Crippen molar-refractivity contribution in [2.75, 3.05) is 38.0 Å². The van der Waals surface area contributed by atoms with Crippen LogP contribution in [0.2, 0.25) is 0 Å². The molecule has 0 aliphatic carbocycles. The lowest BCUT2D eigenvalue weighted by Crippen LogP contribution is -2.52. The summed E-state index contributed by atoms with van der Waals surface area (Å²) in [6.07, 6.45) is 0.913. The van der Waals surface area contributed by atoms with Crippen LogP contribution in [0.3, 0.4) is 0 Å². The van der Waals surface area contributed by atoms with Crippen LogP contribution in [0.4, 0.5) is 10.5 Å². The molecule has 1 aliphatic rings. The number of thiazole rings is 1. The Hall–Kier alpha value is -2.65. The molecule has 2 heterocycles. The first kappa shape index (κ1) is 22.0. The average Bonchev–Trinajstić information content (AvgIpc) is 3.26. The summed E-state index contributed by atoms with van der Waals surface area (Å²) in [5.74, 6) is 0.717. The molecule has 8 nitrogen and oxygen atoms in total. The molecule has 9 heteroatoms. The Kier molecular flexibility index (Phi) is 8.04. The lowest BCUT2D eigenvalue weighted by molar-refractivity contribution is -0.123. The van der Waals surface area contributed by atoms with Crippen molar-refractivity contribution >= 4 is 29.0 Å². The van der Waals surface area contributed by atoms with Gasteiger partial charge in [0.15, 0.2) is 0 Å². The van der Waals surface area contributed by atoms with Crippen LogP contribution in [-0.4, -0.2) is 65.5 Å². The molecule has 2 aromatic rings. The summed E-state index contributed by atoms with van der Waals surface area (Å²) in [7, 11) is 0. The van der Waals surface area contributed by atoms with Crippen LogP contribution in [0.5, 0.6) is 5.75 Å². The lowest BCUT2D eigenvalue weighted by atomic mass is 10.2. The highest BCUT2D eigenvalue weighted by Crippen LogP contribution is 2.19. The summed E-state index contributed by atoms with van der Waals surface area (Å²) in [5, 5.41) is 7.85. The Bertz CT molecular complexity index is 822. The van der Waals surface area contributed by atoms with Crippen LogP contribution in [0.25, 0.3) is 0 Å². The number of nitrogens with zero attached hydrogens (tertiary/aromatic N) is 3. The van der Waals surface area contributed by atoms with Gasteiger partial charge in [0.05, 0.1) is 17.7 Å². The highest BCUT2D eigenvalue weighted by Gasteiger charge is 2.22. The zero-order chi connectivity index (χ0) is 21.3. The standard InChI is InChI=1S/C21H29N5O3S/c1-3-16(2)23-20(27)12-25-7-9-26(10-8-25)21(28)24-17-5-4-6-19(11-17)29-13-18-14-30-15-22-18/h4-6,11,14-16H,3,7-10,12-13H2,1-2H3,(H,23,27)(H,24,28). The second kappa shape index (κ2) is 10.9. The highest BCUT2D eigenvalue weighted by molar-refractivity contribution is 7.07. The van der Waals surface area contributed by atoms with E-state index in [-0.39, 0.29) is 18.0 Å². The number of benzene rings is 1. The molecule has 0 radical (unpaired) electrons. The molecule has 3 amide bonds. The second-order valence-corrected chi connectivity index (χ2v) is 8.09. The Balaban J connectivity index is 1.43. The summed E-state index contributed by atoms with van der Waals surface area (Å²) in [5.41, 5.74) is 3.34. The number of hydrogen-bond acceptors (Lipinski definition) is 6. The molecule has 1 aromatic carbocycles. The van der Waals surface area contributed by atoms with Crippen molar-refractivity contribution in [3.8, 4) is 5.75 Å². The predicted molar refractivity (Wildman–Crippen MR) is 118 cm³/mol. The molecule has 162 valence electrons. The number of carbonyl (C=O) groups is 2. The molecule has 1 saturated heterocycles. The molecule has 1 aromatic heterocycles. The minimum atomic E-state index is -0.143. The molecule has 30 heavy (non-hydrogen) atoms. The number of ether oxygens (including phenoxy) is 1. The Morgan fingerprint density at radius 2 is 2.07 bits per heavy atom. The van der Waals surface area contributed by atoms with Gasteiger partial charge < -0.3 is 20.3 Å². The van der Waals surface area contributed by atoms with Crippen LogP contribution in [0.1, 0.15) is 26.0 Å². The van der Waals surface area contributed by atoms with E-state index in [1.54, 1.807) is 16.5 Å². The first-order valence-corrected chi connectivity index (χ1v) is 11.2. The smallest absolute Gasteiger partial charge is 0.321 e. The number of hydrogen-bond donors (Lipinski definition) is 2. The third kappa shape index (κ3) is 6.70. The quantitative estimate of drug-likeness (QED) is 0.671. The number of amides is 3. The lowest BCUT2D eigenvalue weighted by Gasteiger charge is -2.34. The third-order valence-corrected chi connectivity index (χ3v) is 5.64. The van der Waals surface area contributed by atoms with Gasteiger partial charge in [-0.15, -0.1) is 11.3 Å². The van der Waals surface area contributed by atoms with E-state index in [0.29, 0.717) is 50.8 Å².